The predicted molar refractivity (Wildman–Crippen MR) is 29.1 cm³/mol. The Hall–Kier alpha value is -0.350. The first-order chi connectivity index (χ1) is 3.29. The minimum absolute atomic E-state index is 0.0486. The number of nitrogens with zero attached hydrogens (tertiary/aromatic N) is 1. The SMILES string of the molecule is N[C@@H]1N=CC(=O)S1. The van der Waals surface area contributed by atoms with Crippen LogP contribution in [0.3, 0.4) is 0 Å². The Morgan fingerprint density at radius 2 is 2.71 bits per heavy atom. The molecule has 0 radical (unpaired) electrons. The van der Waals surface area contributed by atoms with Crippen molar-refractivity contribution in [1.29, 1.82) is 0 Å². The average Bonchev–Trinajstić information content (AvgIpc) is 1.87. The number of nitrogens with two attached hydrogens (primary N) is 1. The fourth-order valence-corrected chi connectivity index (χ4v) is 0.796. The molecule has 1 aliphatic heterocycles. The van der Waals surface area contributed by atoms with Crippen molar-refractivity contribution in [3.05, 3.63) is 0 Å². The van der Waals surface area contributed by atoms with Gasteiger partial charge < -0.3 is 5.73 Å². The molecule has 0 saturated carbocycles. The van der Waals surface area contributed by atoms with Gasteiger partial charge in [-0.3, -0.25) is 9.79 Å². The summed E-state index contributed by atoms with van der Waals surface area (Å²) in [4.78, 5) is 13.8. The molecule has 38 valence electrons. The number of carbonyl (C=O) groups excluding carboxylic acids is 1. The van der Waals surface area contributed by atoms with E-state index in [2.05, 4.69) is 4.99 Å². The number of hydrogen-bond donors (Lipinski definition) is 1. The van der Waals surface area contributed by atoms with Gasteiger partial charge in [0.25, 0.3) is 0 Å². The maximum Gasteiger partial charge on any atom is 0.233 e. The van der Waals surface area contributed by atoms with Crippen molar-refractivity contribution in [2.75, 3.05) is 0 Å². The third-order valence-electron chi connectivity index (χ3n) is 0.564. The molecular weight excluding hydrogens is 112 g/mol. The van der Waals surface area contributed by atoms with E-state index in [-0.39, 0.29) is 10.6 Å². The molecule has 0 aliphatic carbocycles. The van der Waals surface area contributed by atoms with Crippen molar-refractivity contribution in [2.24, 2.45) is 10.7 Å². The summed E-state index contributed by atoms with van der Waals surface area (Å²) in [7, 11) is 0. The van der Waals surface area contributed by atoms with Crippen LogP contribution in [0.2, 0.25) is 0 Å². The van der Waals surface area contributed by atoms with Gasteiger partial charge in [0.05, 0.1) is 6.21 Å². The van der Waals surface area contributed by atoms with Gasteiger partial charge in [0.1, 0.15) is 0 Å². The second kappa shape index (κ2) is 1.63. The van der Waals surface area contributed by atoms with Gasteiger partial charge in [0.2, 0.25) is 5.12 Å². The number of thioether (sulfide) groups is 1. The third-order valence-corrected chi connectivity index (χ3v) is 1.26. The highest BCUT2D eigenvalue weighted by Crippen LogP contribution is 2.11. The lowest BCUT2D eigenvalue weighted by Crippen LogP contribution is -2.08. The van der Waals surface area contributed by atoms with Gasteiger partial charge in [-0.05, 0) is 11.8 Å². The van der Waals surface area contributed by atoms with Gasteiger partial charge in [-0.15, -0.1) is 0 Å². The molecule has 0 saturated heterocycles. The average molecular weight is 116 g/mol. The number of aliphatic imine (C=N–C) groups is 1. The topological polar surface area (TPSA) is 55.4 Å². The highest BCUT2D eigenvalue weighted by Gasteiger charge is 2.11. The molecule has 0 amide bonds. The van der Waals surface area contributed by atoms with Gasteiger partial charge in [0.15, 0.2) is 5.50 Å². The van der Waals surface area contributed by atoms with Crippen molar-refractivity contribution in [2.45, 2.75) is 5.50 Å². The van der Waals surface area contributed by atoms with Crippen LogP contribution in [-0.2, 0) is 4.79 Å². The quantitative estimate of drug-likeness (QED) is 0.467. The molecule has 1 heterocycles. The molecule has 0 aromatic carbocycles. The minimum Gasteiger partial charge on any atom is -0.301 e. The highest BCUT2D eigenvalue weighted by molar-refractivity contribution is 8.16. The molecule has 2 N–H and O–H groups in total. The molecule has 0 unspecified atom stereocenters. The Morgan fingerprint density at radius 1 is 2.00 bits per heavy atom. The van der Waals surface area contributed by atoms with Crippen LogP contribution in [0.5, 0.6) is 0 Å². The fraction of sp³-hybridized carbons (Fsp3) is 0.333. The first-order valence-electron chi connectivity index (χ1n) is 1.78. The fourth-order valence-electron chi connectivity index (χ4n) is 0.314. The van der Waals surface area contributed by atoms with Crippen LogP contribution in [0.25, 0.3) is 0 Å². The number of hydrogen-bond acceptors (Lipinski definition) is 4. The first-order valence-corrected chi connectivity index (χ1v) is 2.66. The van der Waals surface area contributed by atoms with Crippen LogP contribution >= 0.6 is 11.8 Å². The maximum absolute atomic E-state index is 10.2. The normalized spacial score (nSPS) is 29.3. The summed E-state index contributed by atoms with van der Waals surface area (Å²) in [5.74, 6) is 0. The van der Waals surface area contributed by atoms with Crippen molar-refractivity contribution in [1.82, 2.24) is 0 Å². The van der Waals surface area contributed by atoms with Crippen molar-refractivity contribution in [3.63, 3.8) is 0 Å². The molecule has 0 spiro atoms. The summed E-state index contributed by atoms with van der Waals surface area (Å²) in [6.07, 6.45) is 1.25. The van der Waals surface area contributed by atoms with E-state index < -0.39 is 0 Å². The predicted octanol–water partition coefficient (Wildman–Crippen LogP) is -0.427. The van der Waals surface area contributed by atoms with Crippen LogP contribution in [0.1, 0.15) is 0 Å². The molecule has 0 aromatic heterocycles. The lowest BCUT2D eigenvalue weighted by Gasteiger charge is -1.88. The van der Waals surface area contributed by atoms with E-state index in [0.29, 0.717) is 0 Å². The Labute approximate surface area is 45.0 Å². The zero-order chi connectivity index (χ0) is 5.28. The smallest absolute Gasteiger partial charge is 0.233 e. The van der Waals surface area contributed by atoms with E-state index in [4.69, 9.17) is 5.73 Å². The number of carbonyl (C=O) groups is 1. The Balaban J connectivity index is 2.58. The summed E-state index contributed by atoms with van der Waals surface area (Å²) in [5.41, 5.74) is 4.83. The molecule has 4 heteroatoms. The van der Waals surface area contributed by atoms with Crippen molar-refractivity contribution in [3.8, 4) is 0 Å². The van der Waals surface area contributed by atoms with Crippen LogP contribution in [-0.4, -0.2) is 16.8 Å². The van der Waals surface area contributed by atoms with E-state index in [1.807, 2.05) is 0 Å². The van der Waals surface area contributed by atoms with Crippen molar-refractivity contribution >= 4 is 23.1 Å². The summed E-state index contributed by atoms with van der Waals surface area (Å²) >= 11 is 1.04. The van der Waals surface area contributed by atoms with E-state index in [1.165, 1.54) is 6.21 Å². The molecule has 1 rings (SSSR count). The second-order valence-electron chi connectivity index (χ2n) is 1.11. The number of rotatable bonds is 0. The highest BCUT2D eigenvalue weighted by atomic mass is 32.2. The molecule has 0 fully saturated rings. The van der Waals surface area contributed by atoms with Crippen LogP contribution < -0.4 is 5.73 Å². The summed E-state index contributed by atoms with van der Waals surface area (Å²) < 4.78 is 0. The summed E-state index contributed by atoms with van der Waals surface area (Å²) in [6, 6.07) is 0. The lowest BCUT2D eigenvalue weighted by molar-refractivity contribution is -0.105. The van der Waals surface area contributed by atoms with Crippen LogP contribution in [0, 0.1) is 0 Å². The van der Waals surface area contributed by atoms with Gasteiger partial charge in [-0.2, -0.15) is 0 Å². The summed E-state index contributed by atoms with van der Waals surface area (Å²) in [5, 5.41) is -0.0486. The minimum atomic E-state index is -0.340. The Kier molecular flexibility index (Phi) is 1.12. The molecule has 7 heavy (non-hydrogen) atoms. The van der Waals surface area contributed by atoms with Gasteiger partial charge in [-0.25, -0.2) is 0 Å². The molecule has 3 nitrogen and oxygen atoms in total. The van der Waals surface area contributed by atoms with E-state index in [0.717, 1.165) is 11.8 Å². The van der Waals surface area contributed by atoms with E-state index in [1.54, 1.807) is 0 Å². The molecular formula is C3H4N2OS. The molecule has 0 aromatic rings. The van der Waals surface area contributed by atoms with Gasteiger partial charge in [-0.1, -0.05) is 0 Å². The molecule has 1 aliphatic rings. The van der Waals surface area contributed by atoms with Crippen LogP contribution in [0.4, 0.5) is 0 Å². The largest absolute Gasteiger partial charge is 0.301 e. The van der Waals surface area contributed by atoms with Gasteiger partial charge in [0, 0.05) is 0 Å². The first kappa shape index (κ1) is 4.80. The van der Waals surface area contributed by atoms with Crippen LogP contribution in [0.15, 0.2) is 4.99 Å². The van der Waals surface area contributed by atoms with E-state index >= 15 is 0 Å². The Morgan fingerprint density at radius 3 is 2.86 bits per heavy atom. The molecule has 1 atom stereocenters. The second-order valence-corrected chi connectivity index (χ2v) is 2.23. The van der Waals surface area contributed by atoms with E-state index in [9.17, 15) is 4.79 Å². The monoisotopic (exact) mass is 116 g/mol. The molecule has 0 bridgehead atoms. The summed E-state index contributed by atoms with van der Waals surface area (Å²) in [6.45, 7) is 0. The maximum atomic E-state index is 10.2. The van der Waals surface area contributed by atoms with Crippen molar-refractivity contribution < 1.29 is 4.79 Å². The van der Waals surface area contributed by atoms with Gasteiger partial charge >= 0.3 is 0 Å². The zero-order valence-corrected chi connectivity index (χ0v) is 4.31. The standard InChI is InChI=1S/C3H4N2OS/c4-3-5-1-2(6)7-3/h1,3H,4H2/t3-/m1/s1. The lowest BCUT2D eigenvalue weighted by atomic mass is 10.8. The zero-order valence-electron chi connectivity index (χ0n) is 3.50. The Bertz CT molecular complexity index is 122. The third kappa shape index (κ3) is 1.01.